The standard InChI is InChI=1S/C10H13N7OS/c1-12-10-14-8(11)7(19-10)9(18)16-2-3-17-5-13-15-6(17)4-16/h5H,2-4,11H2,1H3,(H,12,14). The lowest BCUT2D eigenvalue weighted by molar-refractivity contribution is 0.0713. The number of nitrogens with two attached hydrogens (primary N) is 1. The van der Waals surface area contributed by atoms with Gasteiger partial charge in [-0.25, -0.2) is 4.98 Å². The first kappa shape index (κ1) is 11.9. The molecule has 2 aromatic rings. The van der Waals surface area contributed by atoms with E-state index in [1.165, 1.54) is 11.3 Å². The van der Waals surface area contributed by atoms with Crippen molar-refractivity contribution in [1.82, 2.24) is 24.6 Å². The van der Waals surface area contributed by atoms with Crippen LogP contribution in [-0.2, 0) is 13.1 Å². The molecular formula is C10H13N7OS. The average Bonchev–Trinajstić information content (AvgIpc) is 3.02. The molecule has 19 heavy (non-hydrogen) atoms. The van der Waals surface area contributed by atoms with Crippen molar-refractivity contribution in [3.05, 3.63) is 17.0 Å². The molecule has 1 aliphatic rings. The SMILES string of the molecule is CNc1nc(N)c(C(=O)N2CCn3cnnc3C2)s1. The summed E-state index contributed by atoms with van der Waals surface area (Å²) in [6.07, 6.45) is 1.68. The molecule has 1 amide bonds. The van der Waals surface area contributed by atoms with Crippen LogP contribution in [0.25, 0.3) is 0 Å². The Bertz CT molecular complexity index is 619. The summed E-state index contributed by atoms with van der Waals surface area (Å²) in [7, 11) is 1.75. The summed E-state index contributed by atoms with van der Waals surface area (Å²) in [5.41, 5.74) is 5.78. The molecule has 0 fully saturated rings. The van der Waals surface area contributed by atoms with Gasteiger partial charge >= 0.3 is 0 Å². The quantitative estimate of drug-likeness (QED) is 0.803. The van der Waals surface area contributed by atoms with E-state index in [4.69, 9.17) is 5.73 Å². The number of thiazole rings is 1. The number of fused-ring (bicyclic) bond motifs is 1. The summed E-state index contributed by atoms with van der Waals surface area (Å²) >= 11 is 1.26. The summed E-state index contributed by atoms with van der Waals surface area (Å²) in [6, 6.07) is 0. The zero-order chi connectivity index (χ0) is 13.4. The molecule has 0 saturated heterocycles. The number of hydrogen-bond donors (Lipinski definition) is 2. The van der Waals surface area contributed by atoms with Crippen LogP contribution in [0.2, 0.25) is 0 Å². The molecule has 0 bridgehead atoms. The highest BCUT2D eigenvalue weighted by Gasteiger charge is 2.26. The van der Waals surface area contributed by atoms with Crippen LogP contribution in [-0.4, -0.2) is 44.1 Å². The first-order valence-corrected chi connectivity index (χ1v) is 6.60. The van der Waals surface area contributed by atoms with Crippen molar-refractivity contribution < 1.29 is 4.79 Å². The molecule has 0 spiro atoms. The van der Waals surface area contributed by atoms with Crippen molar-refractivity contribution >= 4 is 28.2 Å². The fraction of sp³-hybridized carbons (Fsp3) is 0.400. The molecular weight excluding hydrogens is 266 g/mol. The number of carbonyl (C=O) groups excluding carboxylic acids is 1. The first-order chi connectivity index (χ1) is 9.19. The van der Waals surface area contributed by atoms with Crippen molar-refractivity contribution in [3.63, 3.8) is 0 Å². The van der Waals surface area contributed by atoms with Gasteiger partial charge in [0, 0.05) is 20.1 Å². The van der Waals surface area contributed by atoms with E-state index in [2.05, 4.69) is 20.5 Å². The lowest BCUT2D eigenvalue weighted by atomic mass is 10.3. The van der Waals surface area contributed by atoms with Crippen LogP contribution in [0.4, 0.5) is 10.9 Å². The maximum atomic E-state index is 12.4. The molecule has 100 valence electrons. The Labute approximate surface area is 113 Å². The molecule has 9 heteroatoms. The zero-order valence-corrected chi connectivity index (χ0v) is 11.1. The van der Waals surface area contributed by atoms with Crippen LogP contribution >= 0.6 is 11.3 Å². The van der Waals surface area contributed by atoms with Gasteiger partial charge in [-0.15, -0.1) is 10.2 Å². The molecule has 0 atom stereocenters. The second-order valence-corrected chi connectivity index (χ2v) is 5.15. The maximum Gasteiger partial charge on any atom is 0.268 e. The fourth-order valence-electron chi connectivity index (χ4n) is 1.98. The van der Waals surface area contributed by atoms with E-state index in [0.717, 1.165) is 5.82 Å². The predicted octanol–water partition coefficient (Wildman–Crippen LogP) is 0.0145. The van der Waals surface area contributed by atoms with Gasteiger partial charge in [0.2, 0.25) is 0 Å². The number of aromatic nitrogens is 4. The number of amides is 1. The normalized spacial score (nSPS) is 14.3. The topological polar surface area (TPSA) is 102 Å². The second-order valence-electron chi connectivity index (χ2n) is 4.15. The third kappa shape index (κ3) is 2.01. The highest BCUT2D eigenvalue weighted by molar-refractivity contribution is 7.18. The van der Waals surface area contributed by atoms with Crippen molar-refractivity contribution in [2.45, 2.75) is 13.1 Å². The van der Waals surface area contributed by atoms with Gasteiger partial charge in [0.05, 0.1) is 6.54 Å². The molecule has 0 aromatic carbocycles. The van der Waals surface area contributed by atoms with Crippen LogP contribution in [0, 0.1) is 0 Å². The van der Waals surface area contributed by atoms with E-state index < -0.39 is 0 Å². The molecule has 0 aliphatic carbocycles. The van der Waals surface area contributed by atoms with Crippen LogP contribution in [0.1, 0.15) is 15.5 Å². The molecule has 8 nitrogen and oxygen atoms in total. The number of nitrogen functional groups attached to an aromatic ring is 1. The van der Waals surface area contributed by atoms with Gasteiger partial charge in [0.25, 0.3) is 5.91 Å². The summed E-state index contributed by atoms with van der Waals surface area (Å²) in [4.78, 5) is 18.7. The monoisotopic (exact) mass is 279 g/mol. The van der Waals surface area contributed by atoms with Gasteiger partial charge in [0.1, 0.15) is 17.0 Å². The summed E-state index contributed by atoms with van der Waals surface area (Å²) in [5.74, 6) is 0.952. The minimum Gasteiger partial charge on any atom is -0.382 e. The smallest absolute Gasteiger partial charge is 0.268 e. The van der Waals surface area contributed by atoms with E-state index in [9.17, 15) is 4.79 Å². The first-order valence-electron chi connectivity index (χ1n) is 5.79. The Hall–Kier alpha value is -2.16. The number of hydrogen-bond acceptors (Lipinski definition) is 7. The minimum absolute atomic E-state index is 0.106. The Morgan fingerprint density at radius 3 is 3.11 bits per heavy atom. The lowest BCUT2D eigenvalue weighted by Crippen LogP contribution is -2.38. The molecule has 3 N–H and O–H groups in total. The average molecular weight is 279 g/mol. The lowest BCUT2D eigenvalue weighted by Gasteiger charge is -2.26. The molecule has 3 heterocycles. The predicted molar refractivity (Wildman–Crippen MR) is 70.8 cm³/mol. The van der Waals surface area contributed by atoms with Crippen molar-refractivity contribution in [2.75, 3.05) is 24.6 Å². The Morgan fingerprint density at radius 2 is 2.37 bits per heavy atom. The molecule has 0 radical (unpaired) electrons. The molecule has 1 aliphatic heterocycles. The fourth-order valence-corrected chi connectivity index (χ4v) is 2.78. The van der Waals surface area contributed by atoms with Gasteiger partial charge in [-0.05, 0) is 0 Å². The van der Waals surface area contributed by atoms with Gasteiger partial charge in [0.15, 0.2) is 11.0 Å². The number of rotatable bonds is 2. The summed E-state index contributed by atoms with van der Waals surface area (Å²) in [5, 5.41) is 11.4. The van der Waals surface area contributed by atoms with Crippen LogP contribution < -0.4 is 11.1 Å². The van der Waals surface area contributed by atoms with Gasteiger partial charge in [-0.2, -0.15) is 0 Å². The Kier molecular flexibility index (Phi) is 2.82. The number of nitrogens with zero attached hydrogens (tertiary/aromatic N) is 5. The van der Waals surface area contributed by atoms with E-state index >= 15 is 0 Å². The highest BCUT2D eigenvalue weighted by atomic mass is 32.1. The van der Waals surface area contributed by atoms with Crippen LogP contribution in [0.5, 0.6) is 0 Å². The molecule has 2 aromatic heterocycles. The molecule has 3 rings (SSSR count). The Balaban J connectivity index is 1.83. The third-order valence-corrected chi connectivity index (χ3v) is 4.06. The van der Waals surface area contributed by atoms with Crippen LogP contribution in [0.3, 0.4) is 0 Å². The second kappa shape index (κ2) is 4.50. The van der Waals surface area contributed by atoms with E-state index in [-0.39, 0.29) is 11.7 Å². The Morgan fingerprint density at radius 1 is 1.53 bits per heavy atom. The number of nitrogens with one attached hydrogen (secondary N) is 1. The number of carbonyl (C=O) groups is 1. The third-order valence-electron chi connectivity index (χ3n) is 2.99. The van der Waals surface area contributed by atoms with Gasteiger partial charge in [-0.3, -0.25) is 4.79 Å². The largest absolute Gasteiger partial charge is 0.382 e. The van der Waals surface area contributed by atoms with Gasteiger partial charge in [-0.1, -0.05) is 11.3 Å². The van der Waals surface area contributed by atoms with Crippen molar-refractivity contribution in [1.29, 1.82) is 0 Å². The highest BCUT2D eigenvalue weighted by Crippen LogP contribution is 2.26. The van der Waals surface area contributed by atoms with E-state index in [1.54, 1.807) is 18.3 Å². The van der Waals surface area contributed by atoms with E-state index in [0.29, 0.717) is 29.6 Å². The summed E-state index contributed by atoms with van der Waals surface area (Å²) in [6.45, 7) is 1.77. The summed E-state index contributed by atoms with van der Waals surface area (Å²) < 4.78 is 1.94. The van der Waals surface area contributed by atoms with Crippen LogP contribution in [0.15, 0.2) is 6.33 Å². The van der Waals surface area contributed by atoms with Crippen molar-refractivity contribution in [2.24, 2.45) is 0 Å². The van der Waals surface area contributed by atoms with E-state index in [1.807, 2.05) is 4.57 Å². The zero-order valence-electron chi connectivity index (χ0n) is 10.3. The minimum atomic E-state index is -0.106. The molecule has 0 unspecified atom stereocenters. The van der Waals surface area contributed by atoms with Gasteiger partial charge < -0.3 is 20.5 Å². The van der Waals surface area contributed by atoms with Crippen molar-refractivity contribution in [3.8, 4) is 0 Å². The number of anilines is 2. The molecule has 0 saturated carbocycles. The maximum absolute atomic E-state index is 12.4.